The molecule has 0 aliphatic rings. The number of aromatic nitrogens is 1. The van der Waals surface area contributed by atoms with Crippen molar-refractivity contribution in [3.05, 3.63) is 30.1 Å². The number of unbranched alkanes of at least 4 members (excludes halogenated alkanes) is 8. The van der Waals surface area contributed by atoms with E-state index >= 15 is 0 Å². The summed E-state index contributed by atoms with van der Waals surface area (Å²) >= 11 is 0. The molecule has 1 aromatic heterocycles. The molecule has 1 amide bonds. The van der Waals surface area contributed by atoms with Crippen LogP contribution in [0.2, 0.25) is 0 Å². The summed E-state index contributed by atoms with van der Waals surface area (Å²) in [6, 6.07) is 3.65. The summed E-state index contributed by atoms with van der Waals surface area (Å²) in [6.45, 7) is 6.24. The number of nitrogens with zero attached hydrogens (tertiary/aromatic N) is 2. The maximum absolute atomic E-state index is 12.7. The molecule has 0 N–H and O–H groups in total. The van der Waals surface area contributed by atoms with Gasteiger partial charge < -0.3 is 4.90 Å². The van der Waals surface area contributed by atoms with Crippen LogP contribution in [0, 0.1) is 0 Å². The molecule has 0 aliphatic heterocycles. The van der Waals surface area contributed by atoms with Crippen LogP contribution in [0.15, 0.2) is 24.5 Å². The zero-order valence-electron chi connectivity index (χ0n) is 15.1. The maximum atomic E-state index is 12.7. The SMILES string of the molecule is CCCCCCCN(CCCCCCC)C(=O)c1ccncc1. The molecule has 1 rings (SSSR count). The maximum Gasteiger partial charge on any atom is 0.253 e. The largest absolute Gasteiger partial charge is 0.339 e. The predicted molar refractivity (Wildman–Crippen MR) is 97.7 cm³/mol. The second-order valence-electron chi connectivity index (χ2n) is 6.36. The van der Waals surface area contributed by atoms with Crippen molar-refractivity contribution < 1.29 is 4.79 Å². The highest BCUT2D eigenvalue weighted by Crippen LogP contribution is 2.11. The van der Waals surface area contributed by atoms with Crippen molar-refractivity contribution in [3.63, 3.8) is 0 Å². The zero-order valence-corrected chi connectivity index (χ0v) is 15.1. The summed E-state index contributed by atoms with van der Waals surface area (Å²) in [5, 5.41) is 0. The number of hydrogen-bond donors (Lipinski definition) is 0. The number of rotatable bonds is 13. The molecule has 0 bridgehead atoms. The van der Waals surface area contributed by atoms with Gasteiger partial charge in [0.25, 0.3) is 5.91 Å². The Hall–Kier alpha value is -1.38. The summed E-state index contributed by atoms with van der Waals surface area (Å²) in [7, 11) is 0. The van der Waals surface area contributed by atoms with Gasteiger partial charge in [0.2, 0.25) is 0 Å². The lowest BCUT2D eigenvalue weighted by molar-refractivity contribution is 0.0749. The third kappa shape index (κ3) is 8.73. The first-order valence-electron chi connectivity index (χ1n) is 9.48. The van der Waals surface area contributed by atoms with Gasteiger partial charge >= 0.3 is 0 Å². The van der Waals surface area contributed by atoms with E-state index in [0.717, 1.165) is 31.5 Å². The van der Waals surface area contributed by atoms with E-state index < -0.39 is 0 Å². The second-order valence-corrected chi connectivity index (χ2v) is 6.36. The van der Waals surface area contributed by atoms with Gasteiger partial charge in [-0.2, -0.15) is 0 Å². The molecule has 0 aliphatic carbocycles. The van der Waals surface area contributed by atoms with Crippen molar-refractivity contribution in [2.75, 3.05) is 13.1 Å². The van der Waals surface area contributed by atoms with E-state index in [1.54, 1.807) is 12.4 Å². The number of amides is 1. The highest BCUT2D eigenvalue weighted by Gasteiger charge is 2.14. The molecule has 0 fully saturated rings. The Balaban J connectivity index is 2.45. The zero-order chi connectivity index (χ0) is 16.8. The number of carbonyl (C=O) groups is 1. The normalized spacial score (nSPS) is 10.7. The van der Waals surface area contributed by atoms with Gasteiger partial charge in [0, 0.05) is 31.0 Å². The minimum atomic E-state index is 0.165. The second kappa shape index (κ2) is 13.1. The fourth-order valence-electron chi connectivity index (χ4n) is 2.80. The van der Waals surface area contributed by atoms with Gasteiger partial charge in [-0.1, -0.05) is 65.2 Å². The summed E-state index contributed by atoms with van der Waals surface area (Å²) in [6.07, 6.45) is 15.8. The lowest BCUT2D eigenvalue weighted by Gasteiger charge is -2.23. The van der Waals surface area contributed by atoms with Crippen molar-refractivity contribution in [1.82, 2.24) is 9.88 Å². The van der Waals surface area contributed by atoms with E-state index in [1.165, 1.54) is 51.4 Å². The molecule has 0 saturated heterocycles. The third-order valence-electron chi connectivity index (χ3n) is 4.28. The quantitative estimate of drug-likeness (QED) is 0.452. The van der Waals surface area contributed by atoms with Crippen LogP contribution in [0.4, 0.5) is 0 Å². The van der Waals surface area contributed by atoms with E-state index in [-0.39, 0.29) is 5.91 Å². The van der Waals surface area contributed by atoms with E-state index in [1.807, 2.05) is 17.0 Å². The van der Waals surface area contributed by atoms with Gasteiger partial charge in [-0.25, -0.2) is 0 Å². The highest BCUT2D eigenvalue weighted by atomic mass is 16.2. The molecule has 0 saturated carbocycles. The minimum Gasteiger partial charge on any atom is -0.339 e. The van der Waals surface area contributed by atoms with Crippen LogP contribution in [0.3, 0.4) is 0 Å². The average Bonchev–Trinajstić information content (AvgIpc) is 2.59. The van der Waals surface area contributed by atoms with Gasteiger partial charge in [-0.05, 0) is 25.0 Å². The molecule has 130 valence electrons. The molecule has 3 heteroatoms. The summed E-state index contributed by atoms with van der Waals surface area (Å²) in [5.41, 5.74) is 0.766. The standard InChI is InChI=1S/C20H34N2O/c1-3-5-7-9-11-17-22(18-12-10-8-6-4-2)20(23)19-13-15-21-16-14-19/h13-16H,3-12,17-18H2,1-2H3. The van der Waals surface area contributed by atoms with Crippen LogP contribution in [0.1, 0.15) is 88.4 Å². The monoisotopic (exact) mass is 318 g/mol. The van der Waals surface area contributed by atoms with Crippen LogP contribution < -0.4 is 0 Å². The molecule has 1 heterocycles. The van der Waals surface area contributed by atoms with Gasteiger partial charge in [-0.15, -0.1) is 0 Å². The summed E-state index contributed by atoms with van der Waals surface area (Å²) < 4.78 is 0. The van der Waals surface area contributed by atoms with Crippen molar-refractivity contribution >= 4 is 5.91 Å². The Labute approximate surface area is 142 Å². The van der Waals surface area contributed by atoms with Gasteiger partial charge in [0.05, 0.1) is 0 Å². The highest BCUT2D eigenvalue weighted by molar-refractivity contribution is 5.94. The number of carbonyl (C=O) groups excluding carboxylic acids is 1. The predicted octanol–water partition coefficient (Wildman–Crippen LogP) is 5.46. The Kier molecular flexibility index (Phi) is 11.2. The summed E-state index contributed by atoms with van der Waals surface area (Å²) in [5.74, 6) is 0.165. The van der Waals surface area contributed by atoms with Crippen LogP contribution in [-0.4, -0.2) is 28.9 Å². The molecular formula is C20H34N2O. The lowest BCUT2D eigenvalue weighted by Crippen LogP contribution is -2.33. The Morgan fingerprint density at radius 3 is 1.78 bits per heavy atom. The van der Waals surface area contributed by atoms with Gasteiger partial charge in [0.1, 0.15) is 0 Å². The molecule has 0 spiro atoms. The fraction of sp³-hybridized carbons (Fsp3) is 0.700. The van der Waals surface area contributed by atoms with E-state index in [9.17, 15) is 4.79 Å². The average molecular weight is 319 g/mol. The van der Waals surface area contributed by atoms with Crippen LogP contribution in [0.5, 0.6) is 0 Å². The Bertz CT molecular complexity index is 391. The topological polar surface area (TPSA) is 33.2 Å². The van der Waals surface area contributed by atoms with Crippen LogP contribution >= 0.6 is 0 Å². The molecule has 3 nitrogen and oxygen atoms in total. The number of pyridine rings is 1. The molecule has 0 aromatic carbocycles. The fourth-order valence-corrected chi connectivity index (χ4v) is 2.80. The van der Waals surface area contributed by atoms with Crippen LogP contribution in [-0.2, 0) is 0 Å². The van der Waals surface area contributed by atoms with Crippen molar-refractivity contribution in [3.8, 4) is 0 Å². The molecule has 0 unspecified atom stereocenters. The third-order valence-corrected chi connectivity index (χ3v) is 4.28. The van der Waals surface area contributed by atoms with Crippen molar-refractivity contribution in [2.24, 2.45) is 0 Å². The first kappa shape index (κ1) is 19.7. The van der Waals surface area contributed by atoms with Crippen molar-refractivity contribution in [1.29, 1.82) is 0 Å². The molecule has 0 radical (unpaired) electrons. The molecule has 0 atom stereocenters. The molecule has 1 aromatic rings. The van der Waals surface area contributed by atoms with Crippen LogP contribution in [0.25, 0.3) is 0 Å². The minimum absolute atomic E-state index is 0.165. The molecule has 23 heavy (non-hydrogen) atoms. The van der Waals surface area contributed by atoms with Gasteiger partial charge in [0.15, 0.2) is 0 Å². The van der Waals surface area contributed by atoms with E-state index in [0.29, 0.717) is 0 Å². The Morgan fingerprint density at radius 2 is 1.30 bits per heavy atom. The lowest BCUT2D eigenvalue weighted by atomic mass is 10.1. The van der Waals surface area contributed by atoms with Gasteiger partial charge in [-0.3, -0.25) is 9.78 Å². The van der Waals surface area contributed by atoms with E-state index in [4.69, 9.17) is 0 Å². The summed E-state index contributed by atoms with van der Waals surface area (Å²) in [4.78, 5) is 18.7. The molecular weight excluding hydrogens is 284 g/mol. The van der Waals surface area contributed by atoms with Crippen molar-refractivity contribution in [2.45, 2.75) is 78.1 Å². The first-order chi connectivity index (χ1) is 11.3. The van der Waals surface area contributed by atoms with E-state index in [2.05, 4.69) is 18.8 Å². The Morgan fingerprint density at radius 1 is 0.826 bits per heavy atom. The smallest absolute Gasteiger partial charge is 0.253 e. The first-order valence-corrected chi connectivity index (χ1v) is 9.48. The number of hydrogen-bond acceptors (Lipinski definition) is 2.